The summed E-state index contributed by atoms with van der Waals surface area (Å²) in [7, 11) is 0. The molecule has 0 aliphatic heterocycles. The molecule has 0 heterocycles. The number of benzene rings is 1. The zero-order valence-electron chi connectivity index (χ0n) is 12.7. The van der Waals surface area contributed by atoms with Crippen LogP contribution < -0.4 is 5.32 Å². The van der Waals surface area contributed by atoms with Gasteiger partial charge in [0.2, 0.25) is 0 Å². The summed E-state index contributed by atoms with van der Waals surface area (Å²) >= 11 is 12.3. The van der Waals surface area contributed by atoms with Crippen LogP contribution in [0.3, 0.4) is 0 Å². The Morgan fingerprint density at radius 2 is 1.90 bits per heavy atom. The van der Waals surface area contributed by atoms with Gasteiger partial charge in [0.15, 0.2) is 0 Å². The lowest BCUT2D eigenvalue weighted by Crippen LogP contribution is -2.33. The van der Waals surface area contributed by atoms with E-state index in [0.717, 1.165) is 24.4 Å². The highest BCUT2D eigenvalue weighted by Gasteiger charge is 2.32. The van der Waals surface area contributed by atoms with Crippen molar-refractivity contribution in [3.8, 4) is 0 Å². The van der Waals surface area contributed by atoms with E-state index >= 15 is 0 Å². The Labute approximate surface area is 138 Å². The molecule has 1 nitrogen and oxygen atoms in total. The van der Waals surface area contributed by atoms with E-state index in [2.05, 4.69) is 24.4 Å². The normalized spacial score (nSPS) is 29.6. The maximum atomic E-state index is 6.24. The van der Waals surface area contributed by atoms with Crippen LogP contribution in [0.15, 0.2) is 18.2 Å². The molecule has 2 saturated carbocycles. The van der Waals surface area contributed by atoms with Crippen LogP contribution in [0.2, 0.25) is 10.0 Å². The first kappa shape index (κ1) is 15.6. The first-order valence-corrected chi connectivity index (χ1v) is 9.11. The van der Waals surface area contributed by atoms with Gasteiger partial charge in [0.1, 0.15) is 0 Å². The van der Waals surface area contributed by atoms with Gasteiger partial charge in [-0.05, 0) is 67.7 Å². The van der Waals surface area contributed by atoms with Crippen molar-refractivity contribution in [2.45, 2.75) is 57.4 Å². The minimum atomic E-state index is 0.629. The number of rotatable bonds is 5. The number of hydrogen-bond donors (Lipinski definition) is 1. The molecule has 3 atom stereocenters. The molecule has 0 amide bonds. The van der Waals surface area contributed by atoms with Gasteiger partial charge >= 0.3 is 0 Å². The Morgan fingerprint density at radius 1 is 1.10 bits per heavy atom. The van der Waals surface area contributed by atoms with Crippen molar-refractivity contribution in [1.29, 1.82) is 0 Å². The summed E-state index contributed by atoms with van der Waals surface area (Å²) in [6.07, 6.45) is 8.03. The quantitative estimate of drug-likeness (QED) is 0.736. The largest absolute Gasteiger partial charge is 0.314 e. The molecular formula is C18H25Cl2N. The minimum Gasteiger partial charge on any atom is -0.314 e. The molecular weight excluding hydrogens is 301 g/mol. The van der Waals surface area contributed by atoms with Crippen molar-refractivity contribution < 1.29 is 0 Å². The average Bonchev–Trinajstić information content (AvgIpc) is 3.32. The molecule has 0 radical (unpaired) electrons. The maximum Gasteiger partial charge on any atom is 0.0595 e. The summed E-state index contributed by atoms with van der Waals surface area (Å²) in [5.41, 5.74) is 1.38. The van der Waals surface area contributed by atoms with Crippen molar-refractivity contribution in [3.05, 3.63) is 33.8 Å². The molecule has 3 heteroatoms. The fraction of sp³-hybridized carbons (Fsp3) is 0.667. The molecule has 0 saturated heterocycles. The predicted octanol–water partition coefficient (Wildman–Crippen LogP) is 5.66. The Balaban J connectivity index is 1.75. The van der Waals surface area contributed by atoms with E-state index in [9.17, 15) is 0 Å². The van der Waals surface area contributed by atoms with Crippen molar-refractivity contribution in [2.24, 2.45) is 11.8 Å². The van der Waals surface area contributed by atoms with Crippen LogP contribution in [0.1, 0.15) is 56.9 Å². The van der Waals surface area contributed by atoms with Gasteiger partial charge in [-0.1, -0.05) is 49.0 Å². The van der Waals surface area contributed by atoms with Crippen molar-refractivity contribution >= 4 is 23.2 Å². The summed E-state index contributed by atoms with van der Waals surface area (Å²) in [4.78, 5) is 0. The van der Waals surface area contributed by atoms with Gasteiger partial charge in [0.05, 0.1) is 10.0 Å². The highest BCUT2D eigenvalue weighted by molar-refractivity contribution is 6.42. The molecule has 0 bridgehead atoms. The predicted molar refractivity (Wildman–Crippen MR) is 91.3 cm³/mol. The van der Waals surface area contributed by atoms with Gasteiger partial charge in [0.25, 0.3) is 0 Å². The van der Waals surface area contributed by atoms with Crippen LogP contribution in [0.4, 0.5) is 0 Å². The minimum absolute atomic E-state index is 0.629. The van der Waals surface area contributed by atoms with E-state index in [1.807, 2.05) is 6.07 Å². The second-order valence-electron chi connectivity index (χ2n) is 6.81. The standard InChI is InChI=1S/C18H25Cl2N/c1-2-12-3-4-14(11-21-15-6-7-15)16(9-12)13-5-8-17(19)18(20)10-13/h5,8,10,12,14-16,21H,2-4,6-7,9,11H2,1H3. The van der Waals surface area contributed by atoms with E-state index in [0.29, 0.717) is 16.0 Å². The molecule has 2 fully saturated rings. The molecule has 1 aromatic rings. The molecule has 1 aromatic carbocycles. The monoisotopic (exact) mass is 325 g/mol. The lowest BCUT2D eigenvalue weighted by Gasteiger charge is -2.36. The van der Waals surface area contributed by atoms with Gasteiger partial charge in [-0.15, -0.1) is 0 Å². The summed E-state index contributed by atoms with van der Waals surface area (Å²) in [6.45, 7) is 3.48. The van der Waals surface area contributed by atoms with E-state index in [1.54, 1.807) is 0 Å². The Bertz CT molecular complexity index is 484. The maximum absolute atomic E-state index is 6.24. The molecule has 2 aliphatic rings. The summed E-state index contributed by atoms with van der Waals surface area (Å²) in [6, 6.07) is 7.03. The van der Waals surface area contributed by atoms with Crippen LogP contribution in [-0.4, -0.2) is 12.6 Å². The zero-order valence-corrected chi connectivity index (χ0v) is 14.3. The first-order valence-electron chi connectivity index (χ1n) is 8.35. The van der Waals surface area contributed by atoms with Gasteiger partial charge in [0, 0.05) is 6.04 Å². The van der Waals surface area contributed by atoms with Crippen LogP contribution in [0, 0.1) is 11.8 Å². The highest BCUT2D eigenvalue weighted by Crippen LogP contribution is 2.43. The first-order chi connectivity index (χ1) is 10.2. The van der Waals surface area contributed by atoms with Gasteiger partial charge in [-0.25, -0.2) is 0 Å². The zero-order chi connectivity index (χ0) is 14.8. The van der Waals surface area contributed by atoms with Crippen molar-refractivity contribution in [2.75, 3.05) is 6.54 Å². The van der Waals surface area contributed by atoms with Crippen LogP contribution in [0.25, 0.3) is 0 Å². The van der Waals surface area contributed by atoms with Crippen molar-refractivity contribution in [1.82, 2.24) is 5.32 Å². The fourth-order valence-electron chi connectivity index (χ4n) is 3.69. The number of nitrogens with one attached hydrogen (secondary N) is 1. The van der Waals surface area contributed by atoms with Crippen LogP contribution >= 0.6 is 23.2 Å². The van der Waals surface area contributed by atoms with E-state index < -0.39 is 0 Å². The molecule has 0 spiro atoms. The molecule has 3 rings (SSSR count). The van der Waals surface area contributed by atoms with Crippen LogP contribution in [-0.2, 0) is 0 Å². The third kappa shape index (κ3) is 3.94. The highest BCUT2D eigenvalue weighted by atomic mass is 35.5. The SMILES string of the molecule is CCC1CCC(CNC2CC2)C(c2ccc(Cl)c(Cl)c2)C1. The second-order valence-corrected chi connectivity index (χ2v) is 7.62. The summed E-state index contributed by atoms with van der Waals surface area (Å²) in [5, 5.41) is 5.08. The lowest BCUT2D eigenvalue weighted by molar-refractivity contribution is 0.225. The molecule has 2 aliphatic carbocycles. The average molecular weight is 326 g/mol. The summed E-state index contributed by atoms with van der Waals surface area (Å²) in [5.74, 6) is 2.23. The van der Waals surface area contributed by atoms with Crippen molar-refractivity contribution in [3.63, 3.8) is 0 Å². The fourth-order valence-corrected chi connectivity index (χ4v) is 4.00. The smallest absolute Gasteiger partial charge is 0.0595 e. The third-order valence-corrected chi connectivity index (χ3v) is 6.04. The van der Waals surface area contributed by atoms with E-state index in [-0.39, 0.29) is 0 Å². The Morgan fingerprint density at radius 3 is 2.57 bits per heavy atom. The molecule has 21 heavy (non-hydrogen) atoms. The van der Waals surface area contributed by atoms with E-state index in [1.165, 1.54) is 44.1 Å². The molecule has 0 aromatic heterocycles. The summed E-state index contributed by atoms with van der Waals surface area (Å²) < 4.78 is 0. The second kappa shape index (κ2) is 6.89. The molecule has 3 unspecified atom stereocenters. The topological polar surface area (TPSA) is 12.0 Å². The third-order valence-electron chi connectivity index (χ3n) is 5.30. The number of hydrogen-bond acceptors (Lipinski definition) is 1. The van der Waals surface area contributed by atoms with Gasteiger partial charge in [-0.3, -0.25) is 0 Å². The molecule has 1 N–H and O–H groups in total. The Kier molecular flexibility index (Phi) is 5.14. The molecule has 116 valence electrons. The van der Waals surface area contributed by atoms with Gasteiger partial charge < -0.3 is 5.32 Å². The van der Waals surface area contributed by atoms with E-state index in [4.69, 9.17) is 23.2 Å². The van der Waals surface area contributed by atoms with Gasteiger partial charge in [-0.2, -0.15) is 0 Å². The van der Waals surface area contributed by atoms with Crippen LogP contribution in [0.5, 0.6) is 0 Å². The number of halogens is 2. The Hall–Kier alpha value is -0.240. The lowest BCUT2D eigenvalue weighted by atomic mass is 9.70.